The third-order valence-electron chi connectivity index (χ3n) is 2.17. The van der Waals surface area contributed by atoms with E-state index in [0.29, 0.717) is 0 Å². The zero-order chi connectivity index (χ0) is 12.3. The van der Waals surface area contributed by atoms with E-state index >= 15 is 0 Å². The summed E-state index contributed by atoms with van der Waals surface area (Å²) in [4.78, 5) is 0. The largest absolute Gasteiger partial charge is 0.394 e. The Bertz CT molecular complexity index is 217. The molecule has 0 aliphatic carbocycles. The van der Waals surface area contributed by atoms with E-state index in [-0.39, 0.29) is 0 Å². The fourth-order valence-electron chi connectivity index (χ4n) is 1.38. The number of aliphatic hydroxyl groups excluding tert-OH is 5. The van der Waals surface area contributed by atoms with Crippen LogP contribution in [0, 0.1) is 0 Å². The van der Waals surface area contributed by atoms with E-state index in [0.717, 1.165) is 0 Å². The van der Waals surface area contributed by atoms with Crippen LogP contribution in [0.2, 0.25) is 0 Å². The van der Waals surface area contributed by atoms with Crippen molar-refractivity contribution in [2.75, 3.05) is 19.8 Å². The van der Waals surface area contributed by atoms with Crippen LogP contribution in [0.3, 0.4) is 0 Å². The minimum atomic E-state index is -1.61. The summed E-state index contributed by atoms with van der Waals surface area (Å²) in [6.07, 6.45) is -6.94. The van der Waals surface area contributed by atoms with Crippen LogP contribution in [-0.2, 0) is 9.47 Å². The second kappa shape index (κ2) is 5.71. The summed E-state index contributed by atoms with van der Waals surface area (Å²) in [5.74, 6) is 0. The highest BCUT2D eigenvalue weighted by atomic mass is 16.6. The zero-order valence-electron chi connectivity index (χ0n) is 8.93. The molecule has 1 aliphatic rings. The van der Waals surface area contributed by atoms with Gasteiger partial charge in [-0.05, 0) is 0 Å². The monoisotopic (exact) mass is 225 g/mol. The molecular formula is C8H16O7. The van der Waals surface area contributed by atoms with Crippen LogP contribution < -0.4 is 0 Å². The Kier molecular flexibility index (Phi) is 4.27. The second-order valence-electron chi connectivity index (χ2n) is 3.18. The van der Waals surface area contributed by atoms with Crippen molar-refractivity contribution >= 4 is 0 Å². The fraction of sp³-hybridized carbons (Fsp3) is 1.00. The van der Waals surface area contributed by atoms with Gasteiger partial charge in [0.2, 0.25) is 0 Å². The maximum atomic E-state index is 9.62. The Balaban J connectivity index is 2.69. The molecule has 1 rings (SSSR count). The first-order valence-corrected chi connectivity index (χ1v) is 4.50. The molecule has 0 bridgehead atoms. The quantitative estimate of drug-likeness (QED) is 0.341. The van der Waals surface area contributed by atoms with Crippen LogP contribution in [0.15, 0.2) is 0 Å². The van der Waals surface area contributed by atoms with E-state index in [1.54, 1.807) is 0 Å². The first kappa shape index (κ1) is 11.2. The first-order chi connectivity index (χ1) is 7.51. The minimum Gasteiger partial charge on any atom is -0.394 e. The van der Waals surface area contributed by atoms with Crippen LogP contribution in [-0.4, -0.2) is 76.0 Å². The lowest BCUT2D eigenvalue weighted by molar-refractivity contribution is -0.294. The lowest BCUT2D eigenvalue weighted by atomic mass is 9.99. The summed E-state index contributed by atoms with van der Waals surface area (Å²) in [5, 5.41) is 45.8. The van der Waals surface area contributed by atoms with Crippen LogP contribution in [0.1, 0.15) is 1.37 Å². The molecule has 0 aromatic carbocycles. The number of hydrogen-bond donors (Lipinski definition) is 5. The summed E-state index contributed by atoms with van der Waals surface area (Å²) in [6, 6.07) is 0. The van der Waals surface area contributed by atoms with Gasteiger partial charge in [0, 0.05) is 0 Å². The lowest BCUT2D eigenvalue weighted by Crippen LogP contribution is -2.59. The van der Waals surface area contributed by atoms with Gasteiger partial charge < -0.3 is 35.0 Å². The molecule has 0 aromatic rings. The standard InChI is InChI=1S/C8H16O7/c9-1-2-14-7-5(11)4(3-10)15-8(13)6(7)12/h4-13H,1-3H2/t4-,5-,6-,7+,8?/m1/s1/i2D/t2?,4-,5-,6-,7+,8?. The third-order valence-corrected chi connectivity index (χ3v) is 2.17. The topological polar surface area (TPSA) is 120 Å². The van der Waals surface area contributed by atoms with Gasteiger partial charge in [-0.15, -0.1) is 0 Å². The van der Waals surface area contributed by atoms with Gasteiger partial charge in [-0.2, -0.15) is 0 Å². The Labute approximate surface area is 87.9 Å². The maximum absolute atomic E-state index is 9.62. The minimum absolute atomic E-state index is 0.563. The van der Waals surface area contributed by atoms with Crippen LogP contribution in [0.25, 0.3) is 0 Å². The van der Waals surface area contributed by atoms with E-state index in [1.165, 1.54) is 0 Å². The van der Waals surface area contributed by atoms with Crippen molar-refractivity contribution in [1.82, 2.24) is 0 Å². The molecule has 90 valence electrons. The average Bonchev–Trinajstić information content (AvgIpc) is 2.28. The molecule has 0 saturated carbocycles. The first-order valence-electron chi connectivity index (χ1n) is 5.08. The molecule has 1 saturated heterocycles. The summed E-state index contributed by atoms with van der Waals surface area (Å²) < 4.78 is 16.7. The van der Waals surface area contributed by atoms with Crippen molar-refractivity contribution in [3.8, 4) is 0 Å². The highest BCUT2D eigenvalue weighted by Crippen LogP contribution is 2.21. The number of hydrogen-bond acceptors (Lipinski definition) is 7. The van der Waals surface area contributed by atoms with Crippen molar-refractivity contribution < 1.29 is 36.4 Å². The zero-order valence-corrected chi connectivity index (χ0v) is 7.93. The number of aliphatic hydroxyl groups is 5. The fourth-order valence-corrected chi connectivity index (χ4v) is 1.38. The SMILES string of the molecule is [2H]C(CO)O[C@H]1[C@H](O)[C@@H](CO)OC(O)[C@@H]1O. The number of ether oxygens (including phenoxy) is 2. The normalized spacial score (nSPS) is 44.9. The predicted octanol–water partition coefficient (Wildman–Crippen LogP) is -3.20. The number of rotatable bonds is 4. The average molecular weight is 225 g/mol. The predicted molar refractivity (Wildman–Crippen MR) is 46.8 cm³/mol. The summed E-state index contributed by atoms with van der Waals surface area (Å²) >= 11 is 0. The highest BCUT2D eigenvalue weighted by molar-refractivity contribution is 4.89. The molecule has 1 heterocycles. The van der Waals surface area contributed by atoms with Crippen molar-refractivity contribution in [3.63, 3.8) is 0 Å². The molecule has 1 fully saturated rings. The van der Waals surface area contributed by atoms with E-state index in [9.17, 15) is 15.3 Å². The van der Waals surface area contributed by atoms with Crippen LogP contribution in [0.5, 0.6) is 0 Å². The van der Waals surface area contributed by atoms with Crippen molar-refractivity contribution in [2.45, 2.75) is 30.7 Å². The summed E-state index contributed by atoms with van der Waals surface area (Å²) in [6.45, 7) is -2.53. The van der Waals surface area contributed by atoms with E-state index in [1.807, 2.05) is 0 Å². The van der Waals surface area contributed by atoms with E-state index in [2.05, 4.69) is 0 Å². The van der Waals surface area contributed by atoms with Gasteiger partial charge in [0.05, 0.1) is 21.2 Å². The van der Waals surface area contributed by atoms with Gasteiger partial charge in [0.25, 0.3) is 0 Å². The molecule has 5 N–H and O–H groups in total. The van der Waals surface area contributed by atoms with Gasteiger partial charge in [0.15, 0.2) is 6.29 Å². The van der Waals surface area contributed by atoms with Crippen LogP contribution in [0.4, 0.5) is 0 Å². The van der Waals surface area contributed by atoms with Crippen molar-refractivity contribution in [1.29, 1.82) is 0 Å². The Hall–Kier alpha value is -0.280. The molecule has 0 aromatic heterocycles. The van der Waals surface area contributed by atoms with Crippen LogP contribution >= 0.6 is 0 Å². The molecule has 7 nitrogen and oxygen atoms in total. The molecule has 2 unspecified atom stereocenters. The smallest absolute Gasteiger partial charge is 0.184 e. The molecule has 0 spiro atoms. The molecule has 6 atom stereocenters. The molecule has 0 radical (unpaired) electrons. The van der Waals surface area contributed by atoms with Gasteiger partial charge in [-0.25, -0.2) is 0 Å². The van der Waals surface area contributed by atoms with Crippen molar-refractivity contribution in [2.24, 2.45) is 0 Å². The lowest BCUT2D eigenvalue weighted by Gasteiger charge is -2.39. The van der Waals surface area contributed by atoms with E-state index < -0.39 is 50.5 Å². The molecule has 15 heavy (non-hydrogen) atoms. The molecule has 0 amide bonds. The Morgan fingerprint density at radius 3 is 2.40 bits per heavy atom. The second-order valence-corrected chi connectivity index (χ2v) is 3.18. The Morgan fingerprint density at radius 2 is 1.87 bits per heavy atom. The maximum Gasteiger partial charge on any atom is 0.184 e. The highest BCUT2D eigenvalue weighted by Gasteiger charge is 2.44. The molecule has 1 aliphatic heterocycles. The van der Waals surface area contributed by atoms with Gasteiger partial charge in [-0.1, -0.05) is 0 Å². The molecular weight excluding hydrogens is 208 g/mol. The van der Waals surface area contributed by atoms with Gasteiger partial charge in [-0.3, -0.25) is 0 Å². The van der Waals surface area contributed by atoms with E-state index in [4.69, 9.17) is 21.1 Å². The van der Waals surface area contributed by atoms with Crippen molar-refractivity contribution in [3.05, 3.63) is 0 Å². The Morgan fingerprint density at radius 1 is 1.20 bits per heavy atom. The summed E-state index contributed by atoms with van der Waals surface area (Å²) in [5.41, 5.74) is 0. The summed E-state index contributed by atoms with van der Waals surface area (Å²) in [7, 11) is 0. The van der Waals surface area contributed by atoms with Gasteiger partial charge in [0.1, 0.15) is 24.4 Å². The molecule has 7 heteroatoms. The third kappa shape index (κ3) is 2.85. The van der Waals surface area contributed by atoms with Gasteiger partial charge >= 0.3 is 0 Å².